The van der Waals surface area contributed by atoms with E-state index in [1.807, 2.05) is 27.7 Å². The Balaban J connectivity index is 2.41. The summed E-state index contributed by atoms with van der Waals surface area (Å²) < 4.78 is 5.35. The minimum atomic E-state index is -0.470. The Kier molecular flexibility index (Phi) is 3.54. The Bertz CT molecular complexity index is 517. The highest BCUT2D eigenvalue weighted by Gasteiger charge is 2.34. The first-order chi connectivity index (χ1) is 8.79. The Hall–Kier alpha value is -1.55. The molecule has 0 N–H and O–H groups in total. The number of benzene rings is 1. The van der Waals surface area contributed by atoms with Crippen LogP contribution in [0, 0.1) is 5.41 Å². The van der Waals surface area contributed by atoms with Gasteiger partial charge in [-0.15, -0.1) is 0 Å². The summed E-state index contributed by atoms with van der Waals surface area (Å²) in [4.78, 5) is 11.9. The third kappa shape index (κ3) is 2.89. The smallest absolute Gasteiger partial charge is 0.435 e. The Labute approximate surface area is 118 Å². The number of carbonyl (C=O) groups is 1. The third-order valence-corrected chi connectivity index (χ3v) is 3.13. The molecule has 0 bridgehead atoms. The molecule has 1 atom stereocenters. The highest BCUT2D eigenvalue weighted by atomic mass is 35.5. The van der Waals surface area contributed by atoms with Crippen LogP contribution in [0.4, 0.5) is 10.5 Å². The topological polar surface area (TPSA) is 41.9 Å². The van der Waals surface area contributed by atoms with Crippen LogP contribution in [0.1, 0.15) is 27.7 Å². The summed E-state index contributed by atoms with van der Waals surface area (Å²) >= 11 is 5.84. The number of halogens is 1. The lowest BCUT2D eigenvalue weighted by atomic mass is 9.87. The number of cyclic esters (lactones) is 1. The minimum Gasteiger partial charge on any atom is -0.439 e. The second-order valence-electron chi connectivity index (χ2n) is 5.55. The molecule has 0 aliphatic carbocycles. The molecule has 0 fully saturated rings. The second kappa shape index (κ2) is 4.85. The molecule has 0 saturated heterocycles. The monoisotopic (exact) mass is 280 g/mol. The maximum absolute atomic E-state index is 11.9. The number of hydrazone groups is 1. The number of ether oxygens (including phenoxy) is 1. The fraction of sp³-hybridized carbons (Fsp3) is 0.429. The molecule has 1 aromatic carbocycles. The normalized spacial score (nSPS) is 20.1. The van der Waals surface area contributed by atoms with Gasteiger partial charge in [-0.25, -0.2) is 4.79 Å². The molecule has 1 aliphatic rings. The van der Waals surface area contributed by atoms with E-state index < -0.39 is 6.09 Å². The summed E-state index contributed by atoms with van der Waals surface area (Å²) in [5.74, 6) is 0. The van der Waals surface area contributed by atoms with Gasteiger partial charge in [-0.2, -0.15) is 10.1 Å². The van der Waals surface area contributed by atoms with Crippen LogP contribution in [0.3, 0.4) is 0 Å². The van der Waals surface area contributed by atoms with Crippen molar-refractivity contribution in [2.24, 2.45) is 10.5 Å². The van der Waals surface area contributed by atoms with Gasteiger partial charge in [0.05, 0.1) is 11.4 Å². The van der Waals surface area contributed by atoms with Gasteiger partial charge >= 0.3 is 6.09 Å². The van der Waals surface area contributed by atoms with E-state index in [9.17, 15) is 4.79 Å². The van der Waals surface area contributed by atoms with Gasteiger partial charge in [0.2, 0.25) is 0 Å². The van der Waals surface area contributed by atoms with Crippen molar-refractivity contribution < 1.29 is 9.53 Å². The van der Waals surface area contributed by atoms with E-state index in [2.05, 4.69) is 5.10 Å². The molecule has 102 valence electrons. The molecule has 0 spiro atoms. The molecule has 19 heavy (non-hydrogen) atoms. The summed E-state index contributed by atoms with van der Waals surface area (Å²) in [6.45, 7) is 7.96. The molecule has 1 aliphatic heterocycles. The average molecular weight is 281 g/mol. The van der Waals surface area contributed by atoms with Crippen molar-refractivity contribution in [3.8, 4) is 0 Å². The fourth-order valence-corrected chi connectivity index (χ4v) is 2.12. The molecule has 2 rings (SSSR count). The van der Waals surface area contributed by atoms with Gasteiger partial charge in [0.1, 0.15) is 6.10 Å². The van der Waals surface area contributed by atoms with E-state index in [0.717, 1.165) is 5.71 Å². The van der Waals surface area contributed by atoms with E-state index in [4.69, 9.17) is 16.3 Å². The lowest BCUT2D eigenvalue weighted by molar-refractivity contribution is 0.131. The van der Waals surface area contributed by atoms with Crippen LogP contribution in [-0.2, 0) is 4.74 Å². The van der Waals surface area contributed by atoms with Crippen molar-refractivity contribution in [2.75, 3.05) is 5.01 Å². The Morgan fingerprint density at radius 1 is 1.26 bits per heavy atom. The third-order valence-electron chi connectivity index (χ3n) is 2.88. The van der Waals surface area contributed by atoms with Crippen LogP contribution in [-0.4, -0.2) is 17.9 Å². The molecule has 4 nitrogen and oxygen atoms in total. The van der Waals surface area contributed by atoms with Crippen LogP contribution in [0.5, 0.6) is 0 Å². The largest absolute Gasteiger partial charge is 0.439 e. The number of nitrogens with zero attached hydrogens (tertiary/aromatic N) is 2. The zero-order chi connectivity index (χ0) is 14.2. The van der Waals surface area contributed by atoms with Gasteiger partial charge in [-0.1, -0.05) is 32.4 Å². The standard InChI is InChI=1S/C14H17ClN2O2/c1-9-12(14(2,3)4)16-17(13(18)19-9)11-7-5-10(15)6-8-11/h5-9H,1-4H3. The van der Waals surface area contributed by atoms with Crippen LogP contribution in [0.15, 0.2) is 29.4 Å². The number of hydrogen-bond donors (Lipinski definition) is 0. The maximum atomic E-state index is 11.9. The number of anilines is 1. The van der Waals surface area contributed by atoms with Gasteiger partial charge < -0.3 is 4.74 Å². The predicted octanol–water partition coefficient (Wildman–Crippen LogP) is 4.09. The van der Waals surface area contributed by atoms with Crippen LogP contribution in [0.2, 0.25) is 5.02 Å². The number of amides is 1. The van der Waals surface area contributed by atoms with Gasteiger partial charge in [0.25, 0.3) is 0 Å². The number of rotatable bonds is 1. The van der Waals surface area contributed by atoms with E-state index in [1.165, 1.54) is 5.01 Å². The summed E-state index contributed by atoms with van der Waals surface area (Å²) in [7, 11) is 0. The van der Waals surface area contributed by atoms with E-state index >= 15 is 0 Å². The predicted molar refractivity (Wildman–Crippen MR) is 76.8 cm³/mol. The summed E-state index contributed by atoms with van der Waals surface area (Å²) in [6, 6.07) is 6.91. The first kappa shape index (κ1) is 13.9. The first-order valence-electron chi connectivity index (χ1n) is 6.14. The van der Waals surface area contributed by atoms with E-state index in [0.29, 0.717) is 10.7 Å². The molecule has 0 radical (unpaired) electrons. The van der Waals surface area contributed by atoms with Crippen molar-refractivity contribution in [2.45, 2.75) is 33.8 Å². The summed E-state index contributed by atoms with van der Waals surface area (Å²) in [5.41, 5.74) is 1.32. The molecule has 1 unspecified atom stereocenters. The summed E-state index contributed by atoms with van der Waals surface area (Å²) in [5, 5.41) is 6.34. The van der Waals surface area contributed by atoms with E-state index in [-0.39, 0.29) is 11.5 Å². The van der Waals surface area contributed by atoms with Crippen molar-refractivity contribution >= 4 is 29.1 Å². The van der Waals surface area contributed by atoms with Crippen molar-refractivity contribution in [1.29, 1.82) is 0 Å². The van der Waals surface area contributed by atoms with Crippen molar-refractivity contribution in [3.63, 3.8) is 0 Å². The maximum Gasteiger partial charge on any atom is 0.435 e. The highest BCUT2D eigenvalue weighted by Crippen LogP contribution is 2.28. The zero-order valence-corrected chi connectivity index (χ0v) is 12.2. The van der Waals surface area contributed by atoms with Crippen molar-refractivity contribution in [1.82, 2.24) is 0 Å². The zero-order valence-electron chi connectivity index (χ0n) is 11.5. The van der Waals surface area contributed by atoms with Crippen LogP contribution in [0.25, 0.3) is 0 Å². The minimum absolute atomic E-state index is 0.162. The lowest BCUT2D eigenvalue weighted by Gasteiger charge is -2.33. The SMILES string of the molecule is CC1OC(=O)N(c2ccc(Cl)cc2)N=C1C(C)(C)C. The van der Waals surface area contributed by atoms with Crippen LogP contribution < -0.4 is 5.01 Å². The number of hydrogen-bond acceptors (Lipinski definition) is 3. The second-order valence-corrected chi connectivity index (χ2v) is 5.99. The van der Waals surface area contributed by atoms with Gasteiger partial charge in [0, 0.05) is 10.4 Å². The lowest BCUT2D eigenvalue weighted by Crippen LogP contribution is -2.44. The Morgan fingerprint density at radius 3 is 2.37 bits per heavy atom. The molecular formula is C14H17ClN2O2. The van der Waals surface area contributed by atoms with Gasteiger partial charge in [-0.3, -0.25) is 0 Å². The Morgan fingerprint density at radius 2 is 1.84 bits per heavy atom. The highest BCUT2D eigenvalue weighted by molar-refractivity contribution is 6.30. The molecule has 0 saturated carbocycles. The van der Waals surface area contributed by atoms with Crippen molar-refractivity contribution in [3.05, 3.63) is 29.3 Å². The van der Waals surface area contributed by atoms with Gasteiger partial charge in [0.15, 0.2) is 0 Å². The van der Waals surface area contributed by atoms with Gasteiger partial charge in [-0.05, 0) is 31.2 Å². The average Bonchev–Trinajstić information content (AvgIpc) is 2.29. The fourth-order valence-electron chi connectivity index (χ4n) is 1.99. The molecule has 1 heterocycles. The molecule has 0 aromatic heterocycles. The number of carbonyl (C=O) groups excluding carboxylic acids is 1. The summed E-state index contributed by atoms with van der Waals surface area (Å²) in [6.07, 6.45) is -0.779. The van der Waals surface area contributed by atoms with E-state index in [1.54, 1.807) is 24.3 Å². The molecule has 5 heteroatoms. The first-order valence-corrected chi connectivity index (χ1v) is 6.52. The van der Waals surface area contributed by atoms with Crippen LogP contribution >= 0.6 is 11.6 Å². The molecule has 1 aromatic rings. The molecule has 1 amide bonds. The quantitative estimate of drug-likeness (QED) is 0.777. The molecular weight excluding hydrogens is 264 g/mol.